The average molecular weight is 709 g/mol. The summed E-state index contributed by atoms with van der Waals surface area (Å²) in [5.41, 5.74) is 8.38. The summed E-state index contributed by atoms with van der Waals surface area (Å²) in [6, 6.07) is 30.0. The third-order valence-electron chi connectivity index (χ3n) is 8.96. The molecule has 1 fully saturated rings. The molecular formula is C39H38BrN3O3S. The Bertz CT molecular complexity index is 1770. The molecule has 4 aromatic rings. The van der Waals surface area contributed by atoms with Crippen molar-refractivity contribution in [3.63, 3.8) is 0 Å². The Morgan fingerprint density at radius 3 is 2.15 bits per heavy atom. The fourth-order valence-electron chi connectivity index (χ4n) is 6.93. The number of carbonyl (C=O) groups excluding carboxylic acids is 1. The molecule has 3 aliphatic rings. The second-order valence-corrected chi connectivity index (χ2v) is 13.9. The Balaban J connectivity index is 1.26. The highest BCUT2D eigenvalue weighted by Crippen LogP contribution is 2.50. The summed E-state index contributed by atoms with van der Waals surface area (Å²) in [6.45, 7) is 7.21. The fraction of sp³-hybridized carbons (Fsp3) is 0.282. The van der Waals surface area contributed by atoms with Crippen LogP contribution in [0.2, 0.25) is 0 Å². The Morgan fingerprint density at radius 1 is 0.915 bits per heavy atom. The third kappa shape index (κ3) is 6.58. The van der Waals surface area contributed by atoms with Crippen molar-refractivity contribution < 1.29 is 14.3 Å². The predicted molar refractivity (Wildman–Crippen MR) is 196 cm³/mol. The molecule has 1 N–H and O–H groups in total. The van der Waals surface area contributed by atoms with Crippen molar-refractivity contribution in [2.75, 3.05) is 31.2 Å². The van der Waals surface area contributed by atoms with Crippen LogP contribution in [0.4, 0.5) is 11.4 Å². The number of ether oxygens (including phenoxy) is 2. The van der Waals surface area contributed by atoms with E-state index in [0.29, 0.717) is 46.6 Å². The number of hydrogen-bond donors (Lipinski definition) is 1. The minimum Gasteiger partial charge on any atom is -0.490 e. The quantitative estimate of drug-likeness (QED) is 0.176. The molecule has 0 saturated carbocycles. The maximum atomic E-state index is 13.2. The summed E-state index contributed by atoms with van der Waals surface area (Å²) in [4.78, 5) is 21.4. The first-order valence-electron chi connectivity index (χ1n) is 16.4. The van der Waals surface area contributed by atoms with Crippen LogP contribution in [0.1, 0.15) is 72.8 Å². The van der Waals surface area contributed by atoms with E-state index in [9.17, 15) is 4.79 Å². The molecular weight excluding hydrogens is 670 g/mol. The molecule has 0 bridgehead atoms. The van der Waals surface area contributed by atoms with Crippen LogP contribution in [0.3, 0.4) is 0 Å². The maximum Gasteiger partial charge on any atom is 0.264 e. The van der Waals surface area contributed by atoms with Gasteiger partial charge in [-0.1, -0.05) is 67.6 Å². The van der Waals surface area contributed by atoms with Gasteiger partial charge in [-0.25, -0.2) is 4.99 Å². The highest BCUT2D eigenvalue weighted by atomic mass is 79.9. The van der Waals surface area contributed by atoms with Crippen LogP contribution in [-0.2, 0) is 4.79 Å². The van der Waals surface area contributed by atoms with Crippen molar-refractivity contribution in [1.29, 1.82) is 0 Å². The van der Waals surface area contributed by atoms with E-state index >= 15 is 0 Å². The van der Waals surface area contributed by atoms with Crippen LogP contribution in [-0.4, -0.2) is 37.4 Å². The van der Waals surface area contributed by atoms with Crippen molar-refractivity contribution in [2.45, 2.75) is 44.9 Å². The Kier molecular flexibility index (Phi) is 9.41. The molecule has 6 nitrogen and oxygen atoms in total. The van der Waals surface area contributed by atoms with Crippen molar-refractivity contribution >= 4 is 56.2 Å². The van der Waals surface area contributed by atoms with Gasteiger partial charge in [0, 0.05) is 30.6 Å². The van der Waals surface area contributed by atoms with E-state index in [-0.39, 0.29) is 5.91 Å². The van der Waals surface area contributed by atoms with Gasteiger partial charge in [-0.3, -0.25) is 4.79 Å². The molecule has 0 unspecified atom stereocenters. The second kappa shape index (κ2) is 14.0. The molecule has 1 amide bonds. The zero-order chi connectivity index (χ0) is 32.3. The van der Waals surface area contributed by atoms with Gasteiger partial charge in [0.2, 0.25) is 0 Å². The van der Waals surface area contributed by atoms with E-state index < -0.39 is 0 Å². The summed E-state index contributed by atoms with van der Waals surface area (Å²) in [7, 11) is 0. The van der Waals surface area contributed by atoms with Gasteiger partial charge in [0.15, 0.2) is 16.7 Å². The first-order chi connectivity index (χ1) is 23.0. The topological polar surface area (TPSA) is 63.2 Å². The van der Waals surface area contributed by atoms with E-state index in [4.69, 9.17) is 14.5 Å². The van der Waals surface area contributed by atoms with E-state index in [1.54, 1.807) is 0 Å². The van der Waals surface area contributed by atoms with Gasteiger partial charge in [-0.2, -0.15) is 0 Å². The normalized spacial score (nSPS) is 20.3. The minimum atomic E-state index is -0.163. The molecule has 2 atom stereocenters. The first kappa shape index (κ1) is 31.6. The number of carbonyl (C=O) groups is 1. The number of nitrogens with zero attached hydrogens (tertiary/aromatic N) is 2. The largest absolute Gasteiger partial charge is 0.490 e. The molecule has 4 aromatic carbocycles. The smallest absolute Gasteiger partial charge is 0.264 e. The van der Waals surface area contributed by atoms with E-state index in [2.05, 4.69) is 106 Å². The molecule has 240 valence electrons. The molecule has 0 radical (unpaired) electrons. The van der Waals surface area contributed by atoms with Crippen LogP contribution in [0, 0.1) is 0 Å². The molecule has 8 heteroatoms. The van der Waals surface area contributed by atoms with Gasteiger partial charge in [0.1, 0.15) is 0 Å². The van der Waals surface area contributed by atoms with Crippen LogP contribution < -0.4 is 19.7 Å². The lowest BCUT2D eigenvalue weighted by molar-refractivity contribution is -0.115. The number of thioether (sulfide) groups is 1. The molecule has 0 aliphatic carbocycles. The van der Waals surface area contributed by atoms with Crippen LogP contribution in [0.5, 0.6) is 11.5 Å². The van der Waals surface area contributed by atoms with Crippen molar-refractivity contribution in [3.05, 3.63) is 122 Å². The number of nitrogens with one attached hydrogen (secondary N) is 1. The molecule has 7 rings (SSSR count). The Hall–Kier alpha value is -4.01. The number of hydrogen-bond acceptors (Lipinski definition) is 6. The van der Waals surface area contributed by atoms with Gasteiger partial charge in [0.05, 0.1) is 28.3 Å². The van der Waals surface area contributed by atoms with E-state index in [0.717, 1.165) is 48.1 Å². The number of amidine groups is 1. The van der Waals surface area contributed by atoms with E-state index in [1.807, 2.05) is 25.1 Å². The molecule has 0 aromatic heterocycles. The maximum absolute atomic E-state index is 13.2. The second-order valence-electron chi connectivity index (χ2n) is 12.1. The van der Waals surface area contributed by atoms with Crippen molar-refractivity contribution in [2.24, 2.45) is 4.99 Å². The summed E-state index contributed by atoms with van der Waals surface area (Å²) in [6.07, 6.45) is 4.90. The van der Waals surface area contributed by atoms with Gasteiger partial charge < -0.3 is 19.7 Å². The average Bonchev–Trinajstić information content (AvgIpc) is 3.43. The lowest BCUT2D eigenvalue weighted by Crippen LogP contribution is -2.37. The third-order valence-corrected chi connectivity index (χ3v) is 10.5. The van der Waals surface area contributed by atoms with Crippen LogP contribution in [0.15, 0.2) is 99.3 Å². The number of benzene rings is 4. The molecule has 47 heavy (non-hydrogen) atoms. The minimum absolute atomic E-state index is 0.163. The van der Waals surface area contributed by atoms with E-state index in [1.165, 1.54) is 39.7 Å². The fourth-order valence-corrected chi connectivity index (χ4v) is 8.35. The zero-order valence-electron chi connectivity index (χ0n) is 26.7. The predicted octanol–water partition coefficient (Wildman–Crippen LogP) is 9.41. The monoisotopic (exact) mass is 707 g/mol. The number of rotatable bonds is 9. The lowest BCUT2D eigenvalue weighted by atomic mass is 9.76. The molecule has 3 heterocycles. The number of anilines is 1. The Labute approximate surface area is 289 Å². The molecule has 1 saturated heterocycles. The molecule has 3 aliphatic heterocycles. The first-order valence-corrected chi connectivity index (χ1v) is 18.0. The highest BCUT2D eigenvalue weighted by Gasteiger charge is 2.35. The van der Waals surface area contributed by atoms with Gasteiger partial charge in [-0.15, -0.1) is 0 Å². The van der Waals surface area contributed by atoms with Crippen LogP contribution in [0.25, 0.3) is 6.08 Å². The van der Waals surface area contributed by atoms with Crippen molar-refractivity contribution in [3.8, 4) is 11.5 Å². The highest BCUT2D eigenvalue weighted by molar-refractivity contribution is 9.10. The summed E-state index contributed by atoms with van der Waals surface area (Å²) >= 11 is 5.01. The lowest BCUT2D eigenvalue weighted by Gasteiger charge is -2.43. The summed E-state index contributed by atoms with van der Waals surface area (Å²) in [5.74, 6) is 1.75. The summed E-state index contributed by atoms with van der Waals surface area (Å²) < 4.78 is 12.6. The van der Waals surface area contributed by atoms with Crippen LogP contribution >= 0.6 is 27.7 Å². The van der Waals surface area contributed by atoms with Gasteiger partial charge in [0.25, 0.3) is 5.91 Å². The standard InChI is InChI=1S/C39H38BrN3O3S/c1-3-19-46-37-33(40)20-25(21-34(37)45-4-2)22-35-38(44)42-39(47-35)41-28-23-31-29(26-11-7-5-8-12-26)15-17-43-18-16-30(32(24-28)36(31)43)27-13-9-6-10-14-27/h5-14,20-24,29-30H,3-4,15-19H2,1-2H3,(H,41,42,44)/b35-22-/t29-,30+. The zero-order valence-corrected chi connectivity index (χ0v) is 29.1. The Morgan fingerprint density at radius 2 is 1.55 bits per heavy atom. The number of halogens is 1. The SMILES string of the molecule is CCCOc1c(Br)cc(/C=C2\SC(=Nc3cc4c5c(c3)[C@H](c3ccccc3)CCN5CC[C@@H]4c3ccccc3)NC2=O)cc1OCC. The number of aliphatic imine (C=N–C) groups is 1. The van der Waals surface area contributed by atoms with Crippen molar-refractivity contribution in [1.82, 2.24) is 5.32 Å². The van der Waals surface area contributed by atoms with Gasteiger partial charge >= 0.3 is 0 Å². The number of amides is 1. The molecule has 0 spiro atoms. The van der Waals surface area contributed by atoms with Gasteiger partial charge in [-0.05, 0) is 112 Å². The summed E-state index contributed by atoms with van der Waals surface area (Å²) in [5, 5.41) is 3.60.